The van der Waals surface area contributed by atoms with Gasteiger partial charge in [0.05, 0.1) is 0 Å². The van der Waals surface area contributed by atoms with Gasteiger partial charge in [-0.2, -0.15) is 0 Å². The first-order valence-electron chi connectivity index (χ1n) is 7.10. The number of benzene rings is 1. The molecule has 8 heteroatoms. The van der Waals surface area contributed by atoms with E-state index in [1.165, 1.54) is 18.2 Å². The quantitative estimate of drug-likeness (QED) is 0.840. The van der Waals surface area contributed by atoms with Crippen molar-refractivity contribution in [2.24, 2.45) is 5.92 Å². The smallest absolute Gasteiger partial charge is 0.480 e. The van der Waals surface area contributed by atoms with E-state index < -0.39 is 36.1 Å². The number of nitrogens with one attached hydrogen (secondary N) is 1. The molecule has 0 aliphatic heterocycles. The molecule has 0 heterocycles. The van der Waals surface area contributed by atoms with Crippen LogP contribution in [0.15, 0.2) is 24.3 Å². The minimum atomic E-state index is -4.81. The predicted molar refractivity (Wildman–Crippen MR) is 73.8 cm³/mol. The number of hydrogen-bond acceptors (Lipinski definition) is 3. The van der Waals surface area contributed by atoms with E-state index in [1.807, 2.05) is 0 Å². The zero-order valence-corrected chi connectivity index (χ0v) is 12.3. The van der Waals surface area contributed by atoms with E-state index in [4.69, 9.17) is 5.11 Å². The molecule has 1 fully saturated rings. The van der Waals surface area contributed by atoms with Gasteiger partial charge in [-0.05, 0) is 30.4 Å². The molecule has 1 aliphatic rings. The summed E-state index contributed by atoms with van der Waals surface area (Å²) in [6, 6.07) is 4.66. The van der Waals surface area contributed by atoms with E-state index in [9.17, 15) is 22.8 Å². The van der Waals surface area contributed by atoms with Gasteiger partial charge in [0.25, 0.3) is 0 Å². The third-order valence-electron chi connectivity index (χ3n) is 3.69. The van der Waals surface area contributed by atoms with Gasteiger partial charge in [0, 0.05) is 5.92 Å². The zero-order chi connectivity index (χ0) is 17.2. The summed E-state index contributed by atoms with van der Waals surface area (Å²) in [6.45, 7) is 1.62. The van der Waals surface area contributed by atoms with Crippen LogP contribution in [0.4, 0.5) is 13.2 Å². The van der Waals surface area contributed by atoms with Gasteiger partial charge in [0.2, 0.25) is 5.91 Å². The van der Waals surface area contributed by atoms with Gasteiger partial charge in [-0.25, -0.2) is 4.79 Å². The Morgan fingerprint density at radius 1 is 1.39 bits per heavy atom. The number of para-hydroxylation sites is 1. The Bertz CT molecular complexity index is 603. The third kappa shape index (κ3) is 4.37. The van der Waals surface area contributed by atoms with E-state index in [1.54, 1.807) is 13.0 Å². The van der Waals surface area contributed by atoms with Crippen LogP contribution in [0.25, 0.3) is 0 Å². The summed E-state index contributed by atoms with van der Waals surface area (Å²) >= 11 is 0. The lowest BCUT2D eigenvalue weighted by Gasteiger charge is -2.14. The van der Waals surface area contributed by atoms with Crippen LogP contribution in [0.2, 0.25) is 0 Å². The molecule has 3 atom stereocenters. The maximum absolute atomic E-state index is 12.4. The van der Waals surface area contributed by atoms with Crippen LogP contribution in [0.3, 0.4) is 0 Å². The number of carbonyl (C=O) groups is 2. The normalized spacial score (nSPS) is 21.4. The number of amides is 1. The molecular formula is C15H16F3NO4. The molecular weight excluding hydrogens is 315 g/mol. The number of carbonyl (C=O) groups excluding carboxylic acids is 1. The van der Waals surface area contributed by atoms with Crippen molar-refractivity contribution in [1.29, 1.82) is 0 Å². The molecule has 0 radical (unpaired) electrons. The van der Waals surface area contributed by atoms with Crippen molar-refractivity contribution < 1.29 is 32.6 Å². The van der Waals surface area contributed by atoms with Gasteiger partial charge in [-0.3, -0.25) is 4.79 Å². The topological polar surface area (TPSA) is 75.6 Å². The summed E-state index contributed by atoms with van der Waals surface area (Å²) in [5.74, 6) is -2.88. The number of alkyl halides is 3. The maximum atomic E-state index is 12.4. The standard InChI is InChI=1S/C15H16F3NO4/c1-2-11(14(21)22)19-13(20)10-7-9(10)8-5-3-4-6-12(8)23-15(16,17)18/h3-6,9-11H,2,7H2,1H3,(H,19,20)(H,21,22). The highest BCUT2D eigenvalue weighted by Crippen LogP contribution is 2.51. The summed E-state index contributed by atoms with van der Waals surface area (Å²) in [4.78, 5) is 22.9. The van der Waals surface area contributed by atoms with Gasteiger partial charge in [-0.15, -0.1) is 13.2 Å². The number of hydrogen-bond donors (Lipinski definition) is 2. The summed E-state index contributed by atoms with van der Waals surface area (Å²) in [6.07, 6.45) is -4.22. The molecule has 1 aromatic carbocycles. The Hall–Kier alpha value is -2.25. The van der Waals surface area contributed by atoms with Crippen molar-refractivity contribution >= 4 is 11.9 Å². The largest absolute Gasteiger partial charge is 0.573 e. The van der Waals surface area contributed by atoms with Gasteiger partial charge in [0.15, 0.2) is 0 Å². The monoisotopic (exact) mass is 331 g/mol. The van der Waals surface area contributed by atoms with Crippen LogP contribution in [0.5, 0.6) is 5.75 Å². The van der Waals surface area contributed by atoms with E-state index in [2.05, 4.69) is 10.1 Å². The molecule has 23 heavy (non-hydrogen) atoms. The van der Waals surface area contributed by atoms with Gasteiger partial charge >= 0.3 is 12.3 Å². The first kappa shape index (κ1) is 17.1. The van der Waals surface area contributed by atoms with Gasteiger partial charge in [0.1, 0.15) is 11.8 Å². The van der Waals surface area contributed by atoms with Crippen LogP contribution >= 0.6 is 0 Å². The fourth-order valence-electron chi connectivity index (χ4n) is 2.45. The molecule has 2 rings (SSSR count). The van der Waals surface area contributed by atoms with Crippen molar-refractivity contribution in [2.45, 2.75) is 38.1 Å². The second-order valence-corrected chi connectivity index (χ2v) is 5.34. The molecule has 2 N–H and O–H groups in total. The fraction of sp³-hybridized carbons (Fsp3) is 0.467. The Morgan fingerprint density at radius 3 is 2.61 bits per heavy atom. The lowest BCUT2D eigenvalue weighted by atomic mass is 10.1. The van der Waals surface area contributed by atoms with Crippen molar-refractivity contribution in [1.82, 2.24) is 5.32 Å². The van der Waals surface area contributed by atoms with Crippen LogP contribution in [-0.4, -0.2) is 29.4 Å². The lowest BCUT2D eigenvalue weighted by molar-refractivity contribution is -0.274. The maximum Gasteiger partial charge on any atom is 0.573 e. The van der Waals surface area contributed by atoms with E-state index in [0.29, 0.717) is 12.0 Å². The van der Waals surface area contributed by atoms with Gasteiger partial charge < -0.3 is 15.2 Å². The summed E-state index contributed by atoms with van der Waals surface area (Å²) in [7, 11) is 0. The van der Waals surface area contributed by atoms with Crippen molar-refractivity contribution in [3.05, 3.63) is 29.8 Å². The number of carboxylic acid groups (broad SMARTS) is 1. The predicted octanol–water partition coefficient (Wildman–Crippen LogP) is 2.67. The molecule has 1 saturated carbocycles. The highest BCUT2D eigenvalue weighted by atomic mass is 19.4. The minimum Gasteiger partial charge on any atom is -0.480 e. The summed E-state index contributed by atoms with van der Waals surface area (Å²) < 4.78 is 41.2. The average molecular weight is 331 g/mol. The first-order chi connectivity index (χ1) is 10.7. The molecule has 1 aromatic rings. The SMILES string of the molecule is CCC(NC(=O)C1CC1c1ccccc1OC(F)(F)F)C(=O)O. The second-order valence-electron chi connectivity index (χ2n) is 5.34. The highest BCUT2D eigenvalue weighted by Gasteiger charge is 2.46. The molecule has 0 aromatic heterocycles. The van der Waals surface area contributed by atoms with Crippen molar-refractivity contribution in [2.75, 3.05) is 0 Å². The third-order valence-corrected chi connectivity index (χ3v) is 3.69. The van der Waals surface area contributed by atoms with Crippen LogP contribution in [0, 0.1) is 5.92 Å². The van der Waals surface area contributed by atoms with Crippen LogP contribution in [-0.2, 0) is 9.59 Å². The number of rotatable bonds is 6. The molecule has 0 spiro atoms. The molecule has 0 bridgehead atoms. The summed E-state index contributed by atoms with van der Waals surface area (Å²) in [5.41, 5.74) is 0.299. The lowest BCUT2D eigenvalue weighted by Crippen LogP contribution is -2.41. The number of ether oxygens (including phenoxy) is 1. The molecule has 3 unspecified atom stereocenters. The molecule has 1 amide bonds. The molecule has 126 valence electrons. The van der Waals surface area contributed by atoms with Crippen molar-refractivity contribution in [3.63, 3.8) is 0 Å². The van der Waals surface area contributed by atoms with Crippen molar-refractivity contribution in [3.8, 4) is 5.75 Å². The Kier molecular flexibility index (Phi) is 4.82. The highest BCUT2D eigenvalue weighted by molar-refractivity contribution is 5.87. The van der Waals surface area contributed by atoms with E-state index in [-0.39, 0.29) is 12.2 Å². The number of carboxylic acids is 1. The average Bonchev–Trinajstić information content (AvgIpc) is 3.23. The number of halogens is 3. The van der Waals surface area contributed by atoms with E-state index >= 15 is 0 Å². The summed E-state index contributed by atoms with van der Waals surface area (Å²) in [5, 5.41) is 11.3. The molecule has 5 nitrogen and oxygen atoms in total. The number of aliphatic carboxylic acids is 1. The Morgan fingerprint density at radius 2 is 2.04 bits per heavy atom. The fourth-order valence-corrected chi connectivity index (χ4v) is 2.45. The molecule has 1 aliphatic carbocycles. The Labute approximate surface area is 130 Å². The van der Waals surface area contributed by atoms with Gasteiger partial charge in [-0.1, -0.05) is 25.1 Å². The first-order valence-corrected chi connectivity index (χ1v) is 7.10. The van der Waals surface area contributed by atoms with Crippen LogP contribution in [0.1, 0.15) is 31.2 Å². The molecule has 0 saturated heterocycles. The minimum absolute atomic E-state index is 0.228. The zero-order valence-electron chi connectivity index (χ0n) is 12.3. The Balaban J connectivity index is 2.06. The van der Waals surface area contributed by atoms with Crippen LogP contribution < -0.4 is 10.1 Å². The van der Waals surface area contributed by atoms with E-state index in [0.717, 1.165) is 0 Å². The second kappa shape index (κ2) is 6.47.